The Morgan fingerprint density at radius 2 is 1.93 bits per heavy atom. The third-order valence-electron chi connectivity index (χ3n) is 3.95. The molecule has 1 aliphatic rings. The molecule has 1 aliphatic heterocycles. The molecule has 0 N–H and O–H groups in total. The lowest BCUT2D eigenvalue weighted by atomic mass is 9.93. The van der Waals surface area contributed by atoms with E-state index in [1.54, 1.807) is 7.11 Å². The maximum atomic E-state index is 12.4. The van der Waals surface area contributed by atoms with Crippen LogP contribution in [0.25, 0.3) is 5.57 Å². The molecule has 0 aromatic heterocycles. The SMILES string of the molecule is COCOc1cccc(C2=C(C(=O)OC)CN(C(=O)OC(C)(C)C)CC2)c1. The number of ether oxygens (including phenoxy) is 4. The highest BCUT2D eigenvalue weighted by molar-refractivity contribution is 5.99. The second kappa shape index (κ2) is 8.90. The van der Waals surface area contributed by atoms with Crippen LogP contribution in [-0.4, -0.2) is 56.7 Å². The Hall–Kier alpha value is -2.54. The van der Waals surface area contributed by atoms with E-state index in [1.165, 1.54) is 12.0 Å². The van der Waals surface area contributed by atoms with Crippen molar-refractivity contribution in [1.29, 1.82) is 0 Å². The predicted molar refractivity (Wildman–Crippen MR) is 100 cm³/mol. The van der Waals surface area contributed by atoms with E-state index in [-0.39, 0.29) is 13.3 Å². The van der Waals surface area contributed by atoms with Crippen molar-refractivity contribution in [2.45, 2.75) is 32.8 Å². The Kier molecular flexibility index (Phi) is 6.85. The van der Waals surface area contributed by atoms with Crippen LogP contribution in [0.3, 0.4) is 0 Å². The van der Waals surface area contributed by atoms with Crippen LogP contribution in [0.1, 0.15) is 32.8 Å². The summed E-state index contributed by atoms with van der Waals surface area (Å²) in [4.78, 5) is 26.3. The third-order valence-corrected chi connectivity index (χ3v) is 3.95. The highest BCUT2D eigenvalue weighted by atomic mass is 16.7. The zero-order valence-corrected chi connectivity index (χ0v) is 16.5. The van der Waals surface area contributed by atoms with Crippen molar-refractivity contribution in [2.24, 2.45) is 0 Å². The number of rotatable bonds is 5. The van der Waals surface area contributed by atoms with Crippen LogP contribution < -0.4 is 4.74 Å². The first kappa shape index (κ1) is 20.8. The predicted octanol–water partition coefficient (Wildman–Crippen LogP) is 3.24. The molecule has 0 saturated heterocycles. The number of carbonyl (C=O) groups excluding carboxylic acids is 2. The average molecular weight is 377 g/mol. The van der Waals surface area contributed by atoms with Crippen LogP contribution in [0.4, 0.5) is 4.79 Å². The molecule has 7 nitrogen and oxygen atoms in total. The quantitative estimate of drug-likeness (QED) is 0.579. The molecule has 7 heteroatoms. The summed E-state index contributed by atoms with van der Waals surface area (Å²) in [5.74, 6) is 0.183. The summed E-state index contributed by atoms with van der Waals surface area (Å²) in [7, 11) is 2.88. The van der Waals surface area contributed by atoms with Gasteiger partial charge in [-0.1, -0.05) is 12.1 Å². The summed E-state index contributed by atoms with van der Waals surface area (Å²) in [5.41, 5.74) is 1.54. The maximum Gasteiger partial charge on any atom is 0.410 e. The van der Waals surface area contributed by atoms with Gasteiger partial charge in [-0.25, -0.2) is 9.59 Å². The van der Waals surface area contributed by atoms with Crippen LogP contribution in [0.2, 0.25) is 0 Å². The van der Waals surface area contributed by atoms with Gasteiger partial charge in [0.15, 0.2) is 6.79 Å². The Labute approximate surface area is 159 Å². The first-order chi connectivity index (χ1) is 12.7. The molecular weight excluding hydrogens is 350 g/mol. The molecule has 1 aromatic rings. The van der Waals surface area contributed by atoms with Gasteiger partial charge in [-0.15, -0.1) is 0 Å². The van der Waals surface area contributed by atoms with E-state index in [2.05, 4.69) is 0 Å². The fraction of sp³-hybridized carbons (Fsp3) is 0.500. The lowest BCUT2D eigenvalue weighted by Gasteiger charge is -2.32. The molecule has 0 spiro atoms. The second-order valence-corrected chi connectivity index (χ2v) is 7.18. The Balaban J connectivity index is 2.30. The fourth-order valence-electron chi connectivity index (χ4n) is 2.78. The van der Waals surface area contributed by atoms with Crippen molar-refractivity contribution in [3.05, 3.63) is 35.4 Å². The molecule has 27 heavy (non-hydrogen) atoms. The molecule has 0 saturated carbocycles. The van der Waals surface area contributed by atoms with E-state index in [4.69, 9.17) is 18.9 Å². The van der Waals surface area contributed by atoms with Crippen molar-refractivity contribution < 1.29 is 28.5 Å². The van der Waals surface area contributed by atoms with Crippen molar-refractivity contribution in [3.8, 4) is 5.75 Å². The standard InChI is InChI=1S/C20H27NO6/c1-20(2,3)27-19(23)21-10-9-16(17(12-21)18(22)25-5)14-7-6-8-15(11-14)26-13-24-4/h6-8,11H,9-10,12-13H2,1-5H3. The van der Waals surface area contributed by atoms with Gasteiger partial charge in [0.25, 0.3) is 0 Å². The first-order valence-electron chi connectivity index (χ1n) is 8.75. The summed E-state index contributed by atoms with van der Waals surface area (Å²) < 4.78 is 20.8. The highest BCUT2D eigenvalue weighted by Gasteiger charge is 2.30. The fourth-order valence-corrected chi connectivity index (χ4v) is 2.78. The number of benzene rings is 1. The lowest BCUT2D eigenvalue weighted by Crippen LogP contribution is -2.41. The lowest BCUT2D eigenvalue weighted by molar-refractivity contribution is -0.136. The average Bonchev–Trinajstić information content (AvgIpc) is 2.64. The maximum absolute atomic E-state index is 12.4. The van der Waals surface area contributed by atoms with Crippen molar-refractivity contribution in [1.82, 2.24) is 4.90 Å². The summed E-state index contributed by atoms with van der Waals surface area (Å²) in [6.45, 7) is 6.15. The Morgan fingerprint density at radius 3 is 2.56 bits per heavy atom. The van der Waals surface area contributed by atoms with Crippen LogP contribution in [-0.2, 0) is 19.0 Å². The van der Waals surface area contributed by atoms with Crippen molar-refractivity contribution >= 4 is 17.6 Å². The number of hydrogen-bond acceptors (Lipinski definition) is 6. The minimum absolute atomic E-state index is 0.138. The van der Waals surface area contributed by atoms with E-state index in [0.29, 0.717) is 24.3 Å². The number of hydrogen-bond donors (Lipinski definition) is 0. The molecule has 0 radical (unpaired) electrons. The summed E-state index contributed by atoms with van der Waals surface area (Å²) in [6.07, 6.45) is 0.0670. The molecule has 0 aliphatic carbocycles. The van der Waals surface area contributed by atoms with Crippen LogP contribution in [0.15, 0.2) is 29.8 Å². The third kappa shape index (κ3) is 5.72. The normalized spacial score (nSPS) is 14.8. The minimum atomic E-state index is -0.598. The van der Waals surface area contributed by atoms with Gasteiger partial charge in [-0.05, 0) is 50.5 Å². The van der Waals surface area contributed by atoms with E-state index >= 15 is 0 Å². The van der Waals surface area contributed by atoms with Gasteiger partial charge < -0.3 is 23.8 Å². The topological polar surface area (TPSA) is 74.3 Å². The van der Waals surface area contributed by atoms with Gasteiger partial charge in [0.05, 0.1) is 19.2 Å². The zero-order valence-electron chi connectivity index (χ0n) is 16.5. The molecule has 148 valence electrons. The van der Waals surface area contributed by atoms with Gasteiger partial charge in [0.2, 0.25) is 0 Å². The number of esters is 1. The van der Waals surface area contributed by atoms with Crippen molar-refractivity contribution in [3.63, 3.8) is 0 Å². The summed E-state index contributed by atoms with van der Waals surface area (Å²) in [5, 5.41) is 0. The van der Waals surface area contributed by atoms with Gasteiger partial charge in [0, 0.05) is 13.7 Å². The molecular formula is C20H27NO6. The second-order valence-electron chi connectivity index (χ2n) is 7.18. The molecule has 1 aromatic carbocycles. The number of carbonyl (C=O) groups is 2. The van der Waals surface area contributed by atoms with E-state index in [0.717, 1.165) is 11.1 Å². The van der Waals surface area contributed by atoms with Gasteiger partial charge in [0.1, 0.15) is 11.4 Å². The van der Waals surface area contributed by atoms with Gasteiger partial charge in [-0.2, -0.15) is 0 Å². The number of nitrogens with zero attached hydrogens (tertiary/aromatic N) is 1. The van der Waals surface area contributed by atoms with Crippen LogP contribution >= 0.6 is 0 Å². The van der Waals surface area contributed by atoms with Gasteiger partial charge in [-0.3, -0.25) is 0 Å². The molecule has 0 fully saturated rings. The summed E-state index contributed by atoms with van der Waals surface area (Å²) in [6, 6.07) is 7.42. The smallest absolute Gasteiger partial charge is 0.410 e. The molecule has 2 rings (SSSR count). The monoisotopic (exact) mass is 377 g/mol. The highest BCUT2D eigenvalue weighted by Crippen LogP contribution is 2.31. The largest absolute Gasteiger partial charge is 0.468 e. The Bertz CT molecular complexity index is 719. The summed E-state index contributed by atoms with van der Waals surface area (Å²) >= 11 is 0. The van der Waals surface area contributed by atoms with E-state index < -0.39 is 17.7 Å². The number of amides is 1. The van der Waals surface area contributed by atoms with E-state index in [1.807, 2.05) is 45.0 Å². The minimum Gasteiger partial charge on any atom is -0.468 e. The number of methoxy groups -OCH3 is 2. The first-order valence-corrected chi connectivity index (χ1v) is 8.75. The molecule has 1 amide bonds. The molecule has 0 bridgehead atoms. The van der Waals surface area contributed by atoms with Crippen LogP contribution in [0, 0.1) is 0 Å². The van der Waals surface area contributed by atoms with Crippen LogP contribution in [0.5, 0.6) is 5.75 Å². The van der Waals surface area contributed by atoms with Gasteiger partial charge >= 0.3 is 12.1 Å². The zero-order chi connectivity index (χ0) is 20.0. The molecule has 0 atom stereocenters. The molecule has 0 unspecified atom stereocenters. The Morgan fingerprint density at radius 1 is 1.19 bits per heavy atom. The van der Waals surface area contributed by atoms with Crippen molar-refractivity contribution in [2.75, 3.05) is 34.1 Å². The molecule has 1 heterocycles. The van der Waals surface area contributed by atoms with E-state index in [9.17, 15) is 9.59 Å².